The molecule has 1 fully saturated rings. The number of benzene rings is 1. The highest BCUT2D eigenvalue weighted by Crippen LogP contribution is 2.28. The first-order valence-corrected chi connectivity index (χ1v) is 6.19. The fourth-order valence-electron chi connectivity index (χ4n) is 2.07. The average Bonchev–Trinajstić information content (AvgIpc) is 2.28. The summed E-state index contributed by atoms with van der Waals surface area (Å²) in [7, 11) is 0. The van der Waals surface area contributed by atoms with Gasteiger partial charge in [-0.3, -0.25) is 0 Å². The fourth-order valence-corrected chi connectivity index (χ4v) is 2.07. The topological polar surface area (TPSA) is 35.8 Å². The maximum absolute atomic E-state index is 13.5. The molecule has 0 unspecified atom stereocenters. The van der Waals surface area contributed by atoms with Gasteiger partial charge in [0.05, 0.1) is 11.6 Å². The van der Waals surface area contributed by atoms with Crippen LogP contribution in [0.4, 0.5) is 4.39 Å². The zero-order chi connectivity index (χ0) is 12.1. The first kappa shape index (κ1) is 12.1. The van der Waals surface area contributed by atoms with E-state index in [1.807, 2.05) is 6.07 Å². The molecular formula is C14H17FN2. The molecule has 1 aromatic carbocycles. The fraction of sp³-hybridized carbons (Fsp3) is 0.500. The summed E-state index contributed by atoms with van der Waals surface area (Å²) >= 11 is 0. The Balaban J connectivity index is 1.76. The van der Waals surface area contributed by atoms with E-state index < -0.39 is 0 Å². The number of nitriles is 1. The van der Waals surface area contributed by atoms with Gasteiger partial charge in [-0.05, 0) is 31.0 Å². The zero-order valence-electron chi connectivity index (χ0n) is 9.88. The van der Waals surface area contributed by atoms with Crippen molar-refractivity contribution in [2.45, 2.75) is 32.2 Å². The van der Waals surface area contributed by atoms with E-state index in [1.54, 1.807) is 12.1 Å². The Hall–Kier alpha value is -1.40. The lowest BCUT2D eigenvalue weighted by Gasteiger charge is -2.25. The molecule has 2 rings (SSSR count). The molecule has 0 bridgehead atoms. The van der Waals surface area contributed by atoms with Gasteiger partial charge in [0.2, 0.25) is 0 Å². The van der Waals surface area contributed by atoms with E-state index in [2.05, 4.69) is 5.32 Å². The molecule has 1 aromatic rings. The molecular weight excluding hydrogens is 215 g/mol. The second kappa shape index (κ2) is 5.79. The lowest BCUT2D eigenvalue weighted by atomic mass is 9.83. The van der Waals surface area contributed by atoms with Crippen molar-refractivity contribution in [3.8, 4) is 6.07 Å². The van der Waals surface area contributed by atoms with E-state index in [1.165, 1.54) is 31.7 Å². The third kappa shape index (κ3) is 3.28. The van der Waals surface area contributed by atoms with Crippen LogP contribution in [0.3, 0.4) is 0 Å². The van der Waals surface area contributed by atoms with Gasteiger partial charge in [-0.2, -0.15) is 5.26 Å². The molecule has 0 aliphatic heterocycles. The molecule has 2 nitrogen and oxygen atoms in total. The van der Waals surface area contributed by atoms with Crippen molar-refractivity contribution in [1.29, 1.82) is 5.26 Å². The van der Waals surface area contributed by atoms with Crippen molar-refractivity contribution in [2.75, 3.05) is 6.54 Å². The normalized spacial score (nSPS) is 15.3. The molecule has 1 aliphatic rings. The number of nitrogens with zero attached hydrogens (tertiary/aromatic N) is 1. The predicted octanol–water partition coefficient (Wildman–Crippen LogP) is 2.98. The molecule has 0 aromatic heterocycles. The summed E-state index contributed by atoms with van der Waals surface area (Å²) in [6.45, 7) is 1.49. The summed E-state index contributed by atoms with van der Waals surface area (Å²) in [5.41, 5.74) is 1.01. The van der Waals surface area contributed by atoms with Crippen molar-refractivity contribution < 1.29 is 4.39 Å². The van der Waals surface area contributed by atoms with Crippen LogP contribution in [0.15, 0.2) is 18.2 Å². The Bertz CT molecular complexity index is 419. The van der Waals surface area contributed by atoms with Gasteiger partial charge in [-0.1, -0.05) is 25.3 Å². The van der Waals surface area contributed by atoms with E-state index in [-0.39, 0.29) is 5.82 Å². The quantitative estimate of drug-likeness (QED) is 0.792. The number of rotatable bonds is 5. The Morgan fingerprint density at radius 3 is 2.82 bits per heavy atom. The van der Waals surface area contributed by atoms with E-state index >= 15 is 0 Å². The van der Waals surface area contributed by atoms with Gasteiger partial charge in [-0.25, -0.2) is 4.39 Å². The Morgan fingerprint density at radius 2 is 2.24 bits per heavy atom. The van der Waals surface area contributed by atoms with Gasteiger partial charge in [0, 0.05) is 12.1 Å². The molecule has 0 atom stereocenters. The maximum Gasteiger partial charge on any atom is 0.129 e. The average molecular weight is 232 g/mol. The van der Waals surface area contributed by atoms with Crippen molar-refractivity contribution in [2.24, 2.45) is 5.92 Å². The minimum atomic E-state index is -0.291. The van der Waals surface area contributed by atoms with E-state index in [0.29, 0.717) is 17.7 Å². The van der Waals surface area contributed by atoms with E-state index in [9.17, 15) is 4.39 Å². The Labute approximate surface area is 101 Å². The Morgan fingerprint density at radius 1 is 1.41 bits per heavy atom. The van der Waals surface area contributed by atoms with Crippen molar-refractivity contribution >= 4 is 0 Å². The van der Waals surface area contributed by atoms with Crippen LogP contribution in [0.25, 0.3) is 0 Å². The summed E-state index contributed by atoms with van der Waals surface area (Å²) in [6, 6.07) is 6.57. The first-order valence-electron chi connectivity index (χ1n) is 6.19. The third-order valence-corrected chi connectivity index (χ3v) is 3.45. The Kier molecular flexibility index (Phi) is 4.11. The molecule has 0 amide bonds. The maximum atomic E-state index is 13.5. The summed E-state index contributed by atoms with van der Waals surface area (Å²) in [4.78, 5) is 0. The van der Waals surface area contributed by atoms with E-state index in [0.717, 1.165) is 12.5 Å². The van der Waals surface area contributed by atoms with Crippen LogP contribution >= 0.6 is 0 Å². The molecule has 0 radical (unpaired) electrons. The van der Waals surface area contributed by atoms with Gasteiger partial charge in [-0.15, -0.1) is 0 Å². The lowest BCUT2D eigenvalue weighted by molar-refractivity contribution is 0.292. The highest BCUT2D eigenvalue weighted by molar-refractivity contribution is 5.32. The largest absolute Gasteiger partial charge is 0.313 e. The van der Waals surface area contributed by atoms with Gasteiger partial charge in [0.15, 0.2) is 0 Å². The third-order valence-electron chi connectivity index (χ3n) is 3.45. The number of hydrogen-bond acceptors (Lipinski definition) is 2. The van der Waals surface area contributed by atoms with Crippen molar-refractivity contribution in [3.63, 3.8) is 0 Å². The van der Waals surface area contributed by atoms with Crippen LogP contribution in [0.1, 0.15) is 36.8 Å². The molecule has 0 heterocycles. The summed E-state index contributed by atoms with van der Waals surface area (Å²) in [5.74, 6) is 0.591. The SMILES string of the molecule is N#Cc1ccc(CNCCC2CCC2)c(F)c1. The lowest BCUT2D eigenvalue weighted by Crippen LogP contribution is -2.21. The van der Waals surface area contributed by atoms with Crippen LogP contribution in [0, 0.1) is 23.1 Å². The second-order valence-electron chi connectivity index (χ2n) is 4.68. The predicted molar refractivity (Wildman–Crippen MR) is 64.8 cm³/mol. The minimum absolute atomic E-state index is 0.291. The molecule has 90 valence electrons. The monoisotopic (exact) mass is 232 g/mol. The highest BCUT2D eigenvalue weighted by Gasteiger charge is 2.16. The molecule has 1 N–H and O–H groups in total. The summed E-state index contributed by atoms with van der Waals surface area (Å²) < 4.78 is 13.5. The van der Waals surface area contributed by atoms with Crippen LogP contribution in [0.2, 0.25) is 0 Å². The van der Waals surface area contributed by atoms with Crippen molar-refractivity contribution in [3.05, 3.63) is 35.1 Å². The van der Waals surface area contributed by atoms with Gasteiger partial charge in [0.25, 0.3) is 0 Å². The molecule has 1 saturated carbocycles. The van der Waals surface area contributed by atoms with Gasteiger partial charge >= 0.3 is 0 Å². The number of halogens is 1. The van der Waals surface area contributed by atoms with Gasteiger partial charge < -0.3 is 5.32 Å². The summed E-state index contributed by atoms with van der Waals surface area (Å²) in [5, 5.41) is 11.9. The van der Waals surface area contributed by atoms with Crippen LogP contribution in [-0.2, 0) is 6.54 Å². The molecule has 17 heavy (non-hydrogen) atoms. The van der Waals surface area contributed by atoms with Crippen LogP contribution in [0.5, 0.6) is 0 Å². The number of hydrogen-bond donors (Lipinski definition) is 1. The first-order chi connectivity index (χ1) is 8.29. The second-order valence-corrected chi connectivity index (χ2v) is 4.68. The number of nitrogens with one attached hydrogen (secondary N) is 1. The highest BCUT2D eigenvalue weighted by atomic mass is 19.1. The molecule has 0 spiro atoms. The summed E-state index contributed by atoms with van der Waals surface area (Å²) in [6.07, 6.45) is 5.27. The van der Waals surface area contributed by atoms with E-state index in [4.69, 9.17) is 5.26 Å². The molecule has 0 saturated heterocycles. The molecule has 3 heteroatoms. The minimum Gasteiger partial charge on any atom is -0.313 e. The van der Waals surface area contributed by atoms with Gasteiger partial charge in [0.1, 0.15) is 5.82 Å². The molecule has 1 aliphatic carbocycles. The van der Waals surface area contributed by atoms with Crippen LogP contribution in [-0.4, -0.2) is 6.54 Å². The zero-order valence-corrected chi connectivity index (χ0v) is 9.88. The smallest absolute Gasteiger partial charge is 0.129 e. The van der Waals surface area contributed by atoms with Crippen molar-refractivity contribution in [1.82, 2.24) is 5.32 Å². The standard InChI is InChI=1S/C14H17FN2/c15-14-8-12(9-16)4-5-13(14)10-17-7-6-11-2-1-3-11/h4-5,8,11,17H,1-3,6-7,10H2. The van der Waals surface area contributed by atoms with Crippen LogP contribution < -0.4 is 5.32 Å².